The minimum absolute atomic E-state index is 0.290. The molecule has 3 nitrogen and oxygen atoms in total. The molecule has 1 aromatic heterocycles. The number of hydrogen-bond donors (Lipinski definition) is 1. The number of ether oxygens (including phenoxy) is 1. The second-order valence-corrected chi connectivity index (χ2v) is 4.43. The lowest BCUT2D eigenvalue weighted by molar-refractivity contribution is 0.340. The van der Waals surface area contributed by atoms with Crippen LogP contribution in [0.5, 0.6) is 5.75 Å². The van der Waals surface area contributed by atoms with E-state index in [-0.39, 0.29) is 6.04 Å². The number of nitrogens with zero attached hydrogens (tertiary/aromatic N) is 1. The van der Waals surface area contributed by atoms with Crippen molar-refractivity contribution in [2.75, 3.05) is 6.61 Å². The summed E-state index contributed by atoms with van der Waals surface area (Å²) in [6, 6.07) is 14.5. The number of benzene rings is 1. The largest absolute Gasteiger partial charge is 0.494 e. The first-order valence-electron chi connectivity index (χ1n) is 6.65. The van der Waals surface area contributed by atoms with E-state index in [4.69, 9.17) is 4.74 Å². The summed E-state index contributed by atoms with van der Waals surface area (Å²) in [5.41, 5.74) is 2.31. The Morgan fingerprint density at radius 2 is 1.95 bits per heavy atom. The summed E-state index contributed by atoms with van der Waals surface area (Å²) < 4.78 is 5.44. The molecule has 0 saturated heterocycles. The molecular formula is C16H20N2O. The standard InChI is InChI=1S/C16H20N2O/c1-3-19-16-9-7-14(8-10-16)13(2)18-12-15-6-4-5-11-17-15/h4-11,13,18H,3,12H2,1-2H3/t13-/m0/s1. The molecule has 0 bridgehead atoms. The topological polar surface area (TPSA) is 34.1 Å². The molecule has 0 aliphatic carbocycles. The molecular weight excluding hydrogens is 236 g/mol. The summed E-state index contributed by atoms with van der Waals surface area (Å²) in [5.74, 6) is 0.920. The van der Waals surface area contributed by atoms with E-state index in [0.29, 0.717) is 6.61 Å². The molecule has 2 aromatic rings. The van der Waals surface area contributed by atoms with Crippen LogP contribution in [0, 0.1) is 0 Å². The SMILES string of the molecule is CCOc1ccc([C@H](C)NCc2ccccn2)cc1. The van der Waals surface area contributed by atoms with Gasteiger partial charge in [-0.05, 0) is 43.7 Å². The Bertz CT molecular complexity index is 482. The van der Waals surface area contributed by atoms with Crippen LogP contribution in [0.25, 0.3) is 0 Å². The van der Waals surface area contributed by atoms with E-state index in [1.807, 2.05) is 43.5 Å². The minimum Gasteiger partial charge on any atom is -0.494 e. The lowest BCUT2D eigenvalue weighted by Gasteiger charge is -2.14. The molecule has 0 amide bonds. The maximum atomic E-state index is 5.44. The summed E-state index contributed by atoms with van der Waals surface area (Å²) >= 11 is 0. The van der Waals surface area contributed by atoms with Crippen molar-refractivity contribution in [1.29, 1.82) is 0 Å². The highest BCUT2D eigenvalue weighted by molar-refractivity contribution is 5.29. The second-order valence-electron chi connectivity index (χ2n) is 4.43. The van der Waals surface area contributed by atoms with Crippen LogP contribution in [0.1, 0.15) is 31.1 Å². The summed E-state index contributed by atoms with van der Waals surface area (Å²) in [7, 11) is 0. The summed E-state index contributed by atoms with van der Waals surface area (Å²) in [6.07, 6.45) is 1.82. The van der Waals surface area contributed by atoms with Gasteiger partial charge in [0.2, 0.25) is 0 Å². The van der Waals surface area contributed by atoms with Crippen LogP contribution in [0.2, 0.25) is 0 Å². The van der Waals surface area contributed by atoms with Crippen molar-refractivity contribution in [2.45, 2.75) is 26.4 Å². The van der Waals surface area contributed by atoms with Crippen LogP contribution < -0.4 is 10.1 Å². The number of pyridine rings is 1. The Kier molecular flexibility index (Phi) is 4.93. The van der Waals surface area contributed by atoms with Gasteiger partial charge in [-0.1, -0.05) is 18.2 Å². The first kappa shape index (κ1) is 13.6. The van der Waals surface area contributed by atoms with Crippen molar-refractivity contribution < 1.29 is 4.74 Å². The summed E-state index contributed by atoms with van der Waals surface area (Å²) in [5, 5.41) is 3.46. The summed E-state index contributed by atoms with van der Waals surface area (Å²) in [4.78, 5) is 4.30. The molecule has 1 heterocycles. The van der Waals surface area contributed by atoms with E-state index in [2.05, 4.69) is 29.4 Å². The fraction of sp³-hybridized carbons (Fsp3) is 0.312. The van der Waals surface area contributed by atoms with Gasteiger partial charge in [0.1, 0.15) is 5.75 Å². The zero-order valence-corrected chi connectivity index (χ0v) is 11.5. The van der Waals surface area contributed by atoms with Gasteiger partial charge in [-0.3, -0.25) is 4.98 Å². The van der Waals surface area contributed by atoms with Gasteiger partial charge in [-0.15, -0.1) is 0 Å². The number of nitrogens with one attached hydrogen (secondary N) is 1. The molecule has 19 heavy (non-hydrogen) atoms. The molecule has 0 saturated carbocycles. The van der Waals surface area contributed by atoms with Crippen molar-refractivity contribution in [3.05, 3.63) is 59.9 Å². The fourth-order valence-corrected chi connectivity index (χ4v) is 1.90. The van der Waals surface area contributed by atoms with E-state index in [9.17, 15) is 0 Å². The number of hydrogen-bond acceptors (Lipinski definition) is 3. The molecule has 2 rings (SSSR count). The van der Waals surface area contributed by atoms with Crippen molar-refractivity contribution in [3.8, 4) is 5.75 Å². The van der Waals surface area contributed by atoms with Crippen molar-refractivity contribution >= 4 is 0 Å². The van der Waals surface area contributed by atoms with Gasteiger partial charge in [0.05, 0.1) is 12.3 Å². The molecule has 1 aromatic carbocycles. The van der Waals surface area contributed by atoms with Gasteiger partial charge in [0, 0.05) is 18.8 Å². The second kappa shape index (κ2) is 6.90. The van der Waals surface area contributed by atoms with E-state index in [1.165, 1.54) is 5.56 Å². The molecule has 0 aliphatic rings. The molecule has 0 unspecified atom stereocenters. The van der Waals surface area contributed by atoms with Gasteiger partial charge in [0.15, 0.2) is 0 Å². The predicted octanol–water partition coefficient (Wildman–Crippen LogP) is 3.33. The quantitative estimate of drug-likeness (QED) is 0.860. The van der Waals surface area contributed by atoms with E-state index >= 15 is 0 Å². The molecule has 100 valence electrons. The first-order valence-corrected chi connectivity index (χ1v) is 6.65. The number of aromatic nitrogens is 1. The Morgan fingerprint density at radius 3 is 2.58 bits per heavy atom. The fourth-order valence-electron chi connectivity index (χ4n) is 1.90. The Morgan fingerprint density at radius 1 is 1.16 bits per heavy atom. The molecule has 1 N–H and O–H groups in total. The Labute approximate surface area is 114 Å². The van der Waals surface area contributed by atoms with Crippen molar-refractivity contribution in [2.24, 2.45) is 0 Å². The molecule has 0 spiro atoms. The van der Waals surface area contributed by atoms with Crippen LogP contribution in [-0.2, 0) is 6.54 Å². The van der Waals surface area contributed by atoms with Crippen LogP contribution in [0.15, 0.2) is 48.7 Å². The molecule has 0 aliphatic heterocycles. The Balaban J connectivity index is 1.90. The monoisotopic (exact) mass is 256 g/mol. The third-order valence-corrected chi connectivity index (χ3v) is 3.01. The minimum atomic E-state index is 0.290. The Hall–Kier alpha value is -1.87. The van der Waals surface area contributed by atoms with Crippen LogP contribution >= 0.6 is 0 Å². The highest BCUT2D eigenvalue weighted by Crippen LogP contribution is 2.17. The normalized spacial score (nSPS) is 12.1. The molecule has 0 fully saturated rings. The zero-order valence-electron chi connectivity index (χ0n) is 11.5. The van der Waals surface area contributed by atoms with Gasteiger partial charge in [0.25, 0.3) is 0 Å². The lowest BCUT2D eigenvalue weighted by Crippen LogP contribution is -2.18. The van der Waals surface area contributed by atoms with E-state index in [1.54, 1.807) is 0 Å². The van der Waals surface area contributed by atoms with Crippen molar-refractivity contribution in [3.63, 3.8) is 0 Å². The molecule has 0 radical (unpaired) electrons. The third-order valence-electron chi connectivity index (χ3n) is 3.01. The predicted molar refractivity (Wildman–Crippen MR) is 77.1 cm³/mol. The molecule has 1 atom stereocenters. The maximum Gasteiger partial charge on any atom is 0.119 e. The van der Waals surface area contributed by atoms with Gasteiger partial charge in [-0.2, -0.15) is 0 Å². The van der Waals surface area contributed by atoms with Crippen molar-refractivity contribution in [1.82, 2.24) is 10.3 Å². The van der Waals surface area contributed by atoms with Crippen LogP contribution in [0.3, 0.4) is 0 Å². The smallest absolute Gasteiger partial charge is 0.119 e. The maximum absolute atomic E-state index is 5.44. The van der Waals surface area contributed by atoms with Crippen LogP contribution in [-0.4, -0.2) is 11.6 Å². The average molecular weight is 256 g/mol. The lowest BCUT2D eigenvalue weighted by atomic mass is 10.1. The van der Waals surface area contributed by atoms with Gasteiger partial charge >= 0.3 is 0 Å². The highest BCUT2D eigenvalue weighted by Gasteiger charge is 2.05. The van der Waals surface area contributed by atoms with Gasteiger partial charge in [-0.25, -0.2) is 0 Å². The zero-order chi connectivity index (χ0) is 13.5. The first-order chi connectivity index (χ1) is 9.29. The van der Waals surface area contributed by atoms with Crippen LogP contribution in [0.4, 0.5) is 0 Å². The average Bonchev–Trinajstić information content (AvgIpc) is 2.47. The highest BCUT2D eigenvalue weighted by atomic mass is 16.5. The molecule has 3 heteroatoms. The third kappa shape index (κ3) is 4.07. The number of rotatable bonds is 6. The van der Waals surface area contributed by atoms with E-state index in [0.717, 1.165) is 18.0 Å². The van der Waals surface area contributed by atoms with Gasteiger partial charge < -0.3 is 10.1 Å². The summed E-state index contributed by atoms with van der Waals surface area (Å²) in [6.45, 7) is 5.62. The van der Waals surface area contributed by atoms with E-state index < -0.39 is 0 Å².